The lowest BCUT2D eigenvalue weighted by Crippen LogP contribution is -2.31. The average Bonchev–Trinajstić information content (AvgIpc) is 2.53. The molecular formula is C17H18FNO2. The van der Waals surface area contributed by atoms with Gasteiger partial charge in [0.1, 0.15) is 17.3 Å². The molecule has 2 N–H and O–H groups in total. The maximum atomic E-state index is 13.5. The van der Waals surface area contributed by atoms with Crippen LogP contribution in [0.2, 0.25) is 0 Å². The van der Waals surface area contributed by atoms with Crippen LogP contribution in [0.1, 0.15) is 17.2 Å². The van der Waals surface area contributed by atoms with Crippen molar-refractivity contribution >= 4 is 0 Å². The Hall–Kier alpha value is -2.07. The van der Waals surface area contributed by atoms with Crippen LogP contribution in [0.5, 0.6) is 11.5 Å². The zero-order valence-corrected chi connectivity index (χ0v) is 11.9. The summed E-state index contributed by atoms with van der Waals surface area (Å²) in [4.78, 5) is 0. The molecule has 0 amide bonds. The number of hydrogen-bond acceptors (Lipinski definition) is 3. The van der Waals surface area contributed by atoms with Crippen molar-refractivity contribution in [2.75, 3.05) is 13.7 Å². The van der Waals surface area contributed by atoms with E-state index in [4.69, 9.17) is 15.2 Å². The average molecular weight is 287 g/mol. The summed E-state index contributed by atoms with van der Waals surface area (Å²) in [5.74, 6) is 1.31. The van der Waals surface area contributed by atoms with E-state index in [9.17, 15) is 4.39 Å². The molecule has 1 heterocycles. The molecule has 1 aliphatic rings. The van der Waals surface area contributed by atoms with Crippen molar-refractivity contribution in [3.05, 3.63) is 59.4 Å². The normalized spacial score (nSPS) is 18.5. The number of rotatable bonds is 3. The number of hydrogen-bond donors (Lipinski definition) is 1. The summed E-state index contributed by atoms with van der Waals surface area (Å²) in [6, 6.07) is 12.0. The molecule has 3 rings (SSSR count). The zero-order valence-electron chi connectivity index (χ0n) is 11.9. The van der Waals surface area contributed by atoms with Crippen molar-refractivity contribution in [2.45, 2.75) is 12.5 Å². The fraction of sp³-hybridized carbons (Fsp3) is 0.294. The topological polar surface area (TPSA) is 44.5 Å². The van der Waals surface area contributed by atoms with E-state index in [1.54, 1.807) is 13.2 Å². The summed E-state index contributed by atoms with van der Waals surface area (Å²) in [6.07, 6.45) is 0.816. The molecule has 2 unspecified atom stereocenters. The molecule has 0 saturated heterocycles. The van der Waals surface area contributed by atoms with Crippen LogP contribution in [0.15, 0.2) is 42.5 Å². The quantitative estimate of drug-likeness (QED) is 0.943. The molecular weight excluding hydrogens is 269 g/mol. The van der Waals surface area contributed by atoms with E-state index in [0.29, 0.717) is 17.9 Å². The molecule has 110 valence electrons. The van der Waals surface area contributed by atoms with Crippen LogP contribution in [0, 0.1) is 11.7 Å². The number of benzene rings is 2. The fourth-order valence-corrected chi connectivity index (χ4v) is 2.80. The first-order chi connectivity index (χ1) is 10.2. The molecule has 0 aromatic heterocycles. The minimum atomic E-state index is -0.330. The highest BCUT2D eigenvalue weighted by Crippen LogP contribution is 2.35. The van der Waals surface area contributed by atoms with E-state index >= 15 is 0 Å². The number of methoxy groups -OCH3 is 1. The first-order valence-electron chi connectivity index (χ1n) is 6.98. The van der Waals surface area contributed by atoms with Gasteiger partial charge in [-0.15, -0.1) is 0 Å². The molecule has 1 aliphatic heterocycles. The maximum absolute atomic E-state index is 13.5. The largest absolute Gasteiger partial charge is 0.496 e. The molecule has 0 radical (unpaired) electrons. The molecule has 0 saturated carbocycles. The second kappa shape index (κ2) is 5.74. The monoisotopic (exact) mass is 287 g/mol. The van der Waals surface area contributed by atoms with Crippen LogP contribution < -0.4 is 15.2 Å². The lowest BCUT2D eigenvalue weighted by Gasteiger charge is -2.30. The fourth-order valence-electron chi connectivity index (χ4n) is 2.80. The molecule has 0 aliphatic carbocycles. The van der Waals surface area contributed by atoms with Crippen LogP contribution in [-0.4, -0.2) is 13.7 Å². The number of fused-ring (bicyclic) bond motifs is 1. The summed E-state index contributed by atoms with van der Waals surface area (Å²) in [5, 5.41) is 0. The van der Waals surface area contributed by atoms with Gasteiger partial charge in [-0.2, -0.15) is 0 Å². The highest BCUT2D eigenvalue weighted by molar-refractivity contribution is 5.39. The SMILES string of the molecule is COc1ccc(F)cc1C(N)C1COc2ccccc2C1. The van der Waals surface area contributed by atoms with Crippen molar-refractivity contribution in [1.82, 2.24) is 0 Å². The first-order valence-corrected chi connectivity index (χ1v) is 6.98. The highest BCUT2D eigenvalue weighted by Gasteiger charge is 2.28. The van der Waals surface area contributed by atoms with E-state index in [1.807, 2.05) is 24.3 Å². The summed E-state index contributed by atoms with van der Waals surface area (Å²) < 4.78 is 24.6. The van der Waals surface area contributed by atoms with Crippen LogP contribution in [0.25, 0.3) is 0 Å². The Morgan fingerprint density at radius 3 is 2.90 bits per heavy atom. The predicted octanol–water partition coefficient (Wildman–Crippen LogP) is 3.09. The molecule has 0 spiro atoms. The smallest absolute Gasteiger partial charge is 0.123 e. The van der Waals surface area contributed by atoms with Gasteiger partial charge in [-0.05, 0) is 36.2 Å². The standard InChI is InChI=1S/C17H18FNO2/c1-20-16-7-6-13(18)9-14(16)17(19)12-8-11-4-2-3-5-15(11)21-10-12/h2-7,9,12,17H,8,10,19H2,1H3. The molecule has 2 aromatic carbocycles. The van der Waals surface area contributed by atoms with Gasteiger partial charge < -0.3 is 15.2 Å². The summed E-state index contributed by atoms with van der Waals surface area (Å²) in [7, 11) is 1.57. The molecule has 2 aromatic rings. The second-order valence-electron chi connectivity index (χ2n) is 5.29. The maximum Gasteiger partial charge on any atom is 0.123 e. The Labute approximate surface area is 123 Å². The van der Waals surface area contributed by atoms with E-state index in [0.717, 1.165) is 17.7 Å². The van der Waals surface area contributed by atoms with Gasteiger partial charge in [0.05, 0.1) is 13.7 Å². The Kier molecular flexibility index (Phi) is 3.80. The van der Waals surface area contributed by atoms with Crippen LogP contribution in [0.3, 0.4) is 0 Å². The lowest BCUT2D eigenvalue weighted by molar-refractivity contribution is 0.198. The van der Waals surface area contributed by atoms with Crippen molar-refractivity contribution in [2.24, 2.45) is 11.7 Å². The van der Waals surface area contributed by atoms with Gasteiger partial charge >= 0.3 is 0 Å². The highest BCUT2D eigenvalue weighted by atomic mass is 19.1. The van der Waals surface area contributed by atoms with Crippen LogP contribution in [0.4, 0.5) is 4.39 Å². The van der Waals surface area contributed by atoms with Crippen molar-refractivity contribution in [3.63, 3.8) is 0 Å². The Balaban J connectivity index is 1.87. The predicted molar refractivity (Wildman–Crippen MR) is 79.0 cm³/mol. The minimum absolute atomic E-state index is 0.0931. The minimum Gasteiger partial charge on any atom is -0.496 e. The summed E-state index contributed by atoms with van der Waals surface area (Å²) >= 11 is 0. The van der Waals surface area contributed by atoms with E-state index in [1.165, 1.54) is 12.1 Å². The number of ether oxygens (including phenoxy) is 2. The van der Waals surface area contributed by atoms with E-state index in [-0.39, 0.29) is 17.8 Å². The van der Waals surface area contributed by atoms with Crippen molar-refractivity contribution in [3.8, 4) is 11.5 Å². The zero-order chi connectivity index (χ0) is 14.8. The van der Waals surface area contributed by atoms with Gasteiger partial charge in [0.15, 0.2) is 0 Å². The summed E-state index contributed by atoms with van der Waals surface area (Å²) in [5.41, 5.74) is 8.17. The van der Waals surface area contributed by atoms with Gasteiger partial charge in [-0.25, -0.2) is 4.39 Å². The van der Waals surface area contributed by atoms with Crippen molar-refractivity contribution < 1.29 is 13.9 Å². The first kappa shape index (κ1) is 13.9. The molecule has 3 nitrogen and oxygen atoms in total. The van der Waals surface area contributed by atoms with E-state index in [2.05, 4.69) is 0 Å². The lowest BCUT2D eigenvalue weighted by atomic mass is 9.86. The summed E-state index contributed by atoms with van der Waals surface area (Å²) in [6.45, 7) is 0.526. The molecule has 0 fully saturated rings. The second-order valence-corrected chi connectivity index (χ2v) is 5.29. The van der Waals surface area contributed by atoms with Gasteiger partial charge in [-0.1, -0.05) is 18.2 Å². The molecule has 0 bridgehead atoms. The Morgan fingerprint density at radius 2 is 2.10 bits per heavy atom. The number of halogens is 1. The van der Waals surface area contributed by atoms with Crippen LogP contribution in [-0.2, 0) is 6.42 Å². The van der Waals surface area contributed by atoms with E-state index < -0.39 is 0 Å². The van der Waals surface area contributed by atoms with Gasteiger partial charge in [-0.3, -0.25) is 0 Å². The third kappa shape index (κ3) is 2.72. The van der Waals surface area contributed by atoms with Crippen molar-refractivity contribution in [1.29, 1.82) is 0 Å². The Bertz CT molecular complexity index is 644. The van der Waals surface area contributed by atoms with Crippen LogP contribution >= 0.6 is 0 Å². The Morgan fingerprint density at radius 1 is 1.29 bits per heavy atom. The molecule has 2 atom stereocenters. The third-order valence-corrected chi connectivity index (χ3v) is 3.97. The van der Waals surface area contributed by atoms with Gasteiger partial charge in [0.2, 0.25) is 0 Å². The third-order valence-electron chi connectivity index (χ3n) is 3.97. The van der Waals surface area contributed by atoms with Gasteiger partial charge in [0.25, 0.3) is 0 Å². The molecule has 21 heavy (non-hydrogen) atoms. The number of nitrogens with two attached hydrogens (primary N) is 1. The molecule has 4 heteroatoms. The van der Waals surface area contributed by atoms with Gasteiger partial charge in [0, 0.05) is 17.5 Å². The number of para-hydroxylation sites is 1.